The van der Waals surface area contributed by atoms with E-state index in [1.54, 1.807) is 30.3 Å². The lowest BCUT2D eigenvalue weighted by Crippen LogP contribution is -2.57. The minimum Gasteiger partial charge on any atom is -0.481 e. The fraction of sp³-hybridized carbons (Fsp3) is 0.522. The van der Waals surface area contributed by atoms with E-state index in [2.05, 4.69) is 10.6 Å². The van der Waals surface area contributed by atoms with Crippen molar-refractivity contribution in [2.24, 2.45) is 5.73 Å². The van der Waals surface area contributed by atoms with E-state index in [1.165, 1.54) is 16.7 Å². The summed E-state index contributed by atoms with van der Waals surface area (Å²) >= 11 is 1.46. The van der Waals surface area contributed by atoms with E-state index in [1.807, 2.05) is 6.26 Å². The number of carbonyl (C=O) groups is 5. The first kappa shape index (κ1) is 28.1. The van der Waals surface area contributed by atoms with Crippen LogP contribution in [0.25, 0.3) is 0 Å². The van der Waals surface area contributed by atoms with Gasteiger partial charge in [-0.1, -0.05) is 30.3 Å². The van der Waals surface area contributed by atoms with Gasteiger partial charge in [0.1, 0.15) is 18.1 Å². The molecule has 35 heavy (non-hydrogen) atoms. The van der Waals surface area contributed by atoms with Gasteiger partial charge in [-0.3, -0.25) is 19.2 Å². The van der Waals surface area contributed by atoms with Crippen molar-refractivity contribution in [3.63, 3.8) is 0 Å². The molecular weight excluding hydrogens is 476 g/mol. The third kappa shape index (κ3) is 8.55. The Kier molecular flexibility index (Phi) is 11.0. The Hall–Kier alpha value is -3.12. The van der Waals surface area contributed by atoms with Crippen LogP contribution < -0.4 is 16.4 Å². The third-order valence-corrected chi connectivity index (χ3v) is 6.34. The Bertz CT molecular complexity index is 914. The Morgan fingerprint density at radius 1 is 1.11 bits per heavy atom. The maximum absolute atomic E-state index is 13.3. The molecule has 0 radical (unpaired) electrons. The molecule has 192 valence electrons. The molecule has 6 N–H and O–H groups in total. The van der Waals surface area contributed by atoms with Crippen molar-refractivity contribution in [3.8, 4) is 0 Å². The second kappa shape index (κ2) is 13.7. The number of rotatable bonds is 13. The van der Waals surface area contributed by atoms with Crippen LogP contribution in [0.2, 0.25) is 0 Å². The first-order valence-corrected chi connectivity index (χ1v) is 12.7. The second-order valence-electron chi connectivity index (χ2n) is 8.33. The molecule has 12 heteroatoms. The molecule has 3 amide bonds. The molecular formula is C23H32N4O7S. The molecule has 4 atom stereocenters. The molecule has 1 heterocycles. The zero-order valence-corrected chi connectivity index (χ0v) is 20.3. The average Bonchev–Trinajstić information content (AvgIpc) is 3.31. The first-order chi connectivity index (χ1) is 16.6. The summed E-state index contributed by atoms with van der Waals surface area (Å²) in [5.41, 5.74) is 6.38. The largest absolute Gasteiger partial charge is 0.481 e. The van der Waals surface area contributed by atoms with Gasteiger partial charge in [0.25, 0.3) is 0 Å². The van der Waals surface area contributed by atoms with Gasteiger partial charge in [0.2, 0.25) is 17.7 Å². The molecule has 1 aliphatic heterocycles. The molecule has 1 aromatic carbocycles. The Labute approximate surface area is 207 Å². The van der Waals surface area contributed by atoms with Crippen LogP contribution in [0.5, 0.6) is 0 Å². The lowest BCUT2D eigenvalue weighted by Gasteiger charge is -2.30. The highest BCUT2D eigenvalue weighted by atomic mass is 32.2. The van der Waals surface area contributed by atoms with Gasteiger partial charge in [-0.25, -0.2) is 4.79 Å². The van der Waals surface area contributed by atoms with E-state index in [4.69, 9.17) is 10.8 Å². The van der Waals surface area contributed by atoms with Crippen LogP contribution >= 0.6 is 11.8 Å². The molecule has 0 spiro atoms. The summed E-state index contributed by atoms with van der Waals surface area (Å²) in [4.78, 5) is 62.6. The molecule has 11 nitrogen and oxygen atoms in total. The average molecular weight is 509 g/mol. The lowest BCUT2D eigenvalue weighted by atomic mass is 10.0. The number of hydrogen-bond acceptors (Lipinski definition) is 7. The molecule has 4 unspecified atom stereocenters. The summed E-state index contributed by atoms with van der Waals surface area (Å²) in [6, 6.07) is 4.55. The number of likely N-dealkylation sites (tertiary alicyclic amines) is 1. The summed E-state index contributed by atoms with van der Waals surface area (Å²) in [5.74, 6) is -3.71. The number of carbonyl (C=O) groups excluding carboxylic acids is 3. The smallest absolute Gasteiger partial charge is 0.326 e. The van der Waals surface area contributed by atoms with E-state index in [0.717, 1.165) is 5.56 Å². The normalized spacial score (nSPS) is 17.8. The summed E-state index contributed by atoms with van der Waals surface area (Å²) in [6.45, 7) is 0.278. The van der Waals surface area contributed by atoms with Gasteiger partial charge in [0.05, 0.1) is 12.5 Å². The fourth-order valence-corrected chi connectivity index (χ4v) is 4.35. The molecule has 0 saturated carbocycles. The number of nitrogens with zero attached hydrogens (tertiary/aromatic N) is 1. The van der Waals surface area contributed by atoms with Gasteiger partial charge in [-0.2, -0.15) is 11.8 Å². The van der Waals surface area contributed by atoms with Crippen molar-refractivity contribution < 1.29 is 34.2 Å². The van der Waals surface area contributed by atoms with Crippen LogP contribution in [-0.4, -0.2) is 87.5 Å². The molecule has 1 aliphatic rings. The number of nitrogens with two attached hydrogens (primary N) is 1. The molecule has 1 fully saturated rings. The van der Waals surface area contributed by atoms with Gasteiger partial charge in [0.15, 0.2) is 0 Å². The second-order valence-corrected chi connectivity index (χ2v) is 9.31. The zero-order chi connectivity index (χ0) is 26.0. The monoisotopic (exact) mass is 508 g/mol. The molecule has 1 aromatic rings. The van der Waals surface area contributed by atoms with E-state index >= 15 is 0 Å². The Morgan fingerprint density at radius 3 is 2.40 bits per heavy atom. The van der Waals surface area contributed by atoms with Crippen molar-refractivity contribution in [2.45, 2.75) is 56.3 Å². The summed E-state index contributed by atoms with van der Waals surface area (Å²) in [6.07, 6.45) is 2.52. The van der Waals surface area contributed by atoms with Gasteiger partial charge in [-0.05, 0) is 36.8 Å². The number of carboxylic acid groups (broad SMARTS) is 2. The highest BCUT2D eigenvalue weighted by Crippen LogP contribution is 2.20. The molecule has 0 bridgehead atoms. The predicted octanol–water partition coefficient (Wildman–Crippen LogP) is -0.171. The Morgan fingerprint density at radius 2 is 1.80 bits per heavy atom. The topological polar surface area (TPSA) is 179 Å². The minimum absolute atomic E-state index is 0.0937. The van der Waals surface area contributed by atoms with Crippen LogP contribution in [0.15, 0.2) is 30.3 Å². The highest BCUT2D eigenvalue weighted by Gasteiger charge is 2.39. The lowest BCUT2D eigenvalue weighted by molar-refractivity contribution is -0.145. The van der Waals surface area contributed by atoms with Crippen LogP contribution in [0.3, 0.4) is 0 Å². The summed E-state index contributed by atoms with van der Waals surface area (Å²) < 4.78 is 0. The van der Waals surface area contributed by atoms with E-state index < -0.39 is 60.2 Å². The maximum atomic E-state index is 13.3. The quantitative estimate of drug-likeness (QED) is 0.242. The fourth-order valence-electron chi connectivity index (χ4n) is 3.87. The van der Waals surface area contributed by atoms with Gasteiger partial charge in [-0.15, -0.1) is 0 Å². The zero-order valence-electron chi connectivity index (χ0n) is 19.5. The first-order valence-electron chi connectivity index (χ1n) is 11.3. The highest BCUT2D eigenvalue weighted by molar-refractivity contribution is 7.98. The standard InChI is InChI=1S/C23H32N4O7S/c1-35-11-9-16(25-20(30)15(24)13-19(28)29)22(32)27-10-5-8-18(27)21(31)26-17(23(33)34)12-14-6-3-2-4-7-14/h2-4,6-7,15-18H,5,8-13,24H2,1H3,(H,25,30)(H,26,31)(H,28,29)(H,33,34). The number of aliphatic carboxylic acids is 2. The third-order valence-electron chi connectivity index (χ3n) is 5.69. The van der Waals surface area contributed by atoms with Crippen LogP contribution in [0.1, 0.15) is 31.2 Å². The van der Waals surface area contributed by atoms with Crippen molar-refractivity contribution >= 4 is 41.4 Å². The number of carboxylic acids is 2. The number of benzene rings is 1. The number of thioether (sulfide) groups is 1. The van der Waals surface area contributed by atoms with Crippen LogP contribution in [0.4, 0.5) is 0 Å². The van der Waals surface area contributed by atoms with Gasteiger partial charge < -0.3 is 31.5 Å². The molecule has 1 saturated heterocycles. The molecule has 0 aromatic heterocycles. The minimum atomic E-state index is -1.32. The van der Waals surface area contributed by atoms with Gasteiger partial charge in [0, 0.05) is 13.0 Å². The maximum Gasteiger partial charge on any atom is 0.326 e. The number of hydrogen-bond donors (Lipinski definition) is 5. The van der Waals surface area contributed by atoms with Crippen molar-refractivity contribution in [1.29, 1.82) is 0 Å². The summed E-state index contributed by atoms with van der Waals surface area (Å²) in [7, 11) is 0. The van der Waals surface area contributed by atoms with Crippen molar-refractivity contribution in [1.82, 2.24) is 15.5 Å². The van der Waals surface area contributed by atoms with E-state index in [0.29, 0.717) is 18.6 Å². The van der Waals surface area contributed by atoms with E-state index in [9.17, 15) is 29.1 Å². The SMILES string of the molecule is CSCCC(NC(=O)C(N)CC(=O)O)C(=O)N1CCCC1C(=O)NC(Cc1ccccc1)C(=O)O. The molecule has 2 rings (SSSR count). The van der Waals surface area contributed by atoms with Crippen molar-refractivity contribution in [2.75, 3.05) is 18.6 Å². The van der Waals surface area contributed by atoms with Gasteiger partial charge >= 0.3 is 11.9 Å². The van der Waals surface area contributed by atoms with Crippen LogP contribution in [0, 0.1) is 0 Å². The Balaban J connectivity index is 2.10. The summed E-state index contributed by atoms with van der Waals surface area (Å²) in [5, 5.41) is 23.5. The molecule has 0 aliphatic carbocycles. The van der Waals surface area contributed by atoms with Crippen molar-refractivity contribution in [3.05, 3.63) is 35.9 Å². The van der Waals surface area contributed by atoms with Crippen LogP contribution in [-0.2, 0) is 30.4 Å². The van der Waals surface area contributed by atoms with E-state index in [-0.39, 0.29) is 19.4 Å². The predicted molar refractivity (Wildman–Crippen MR) is 130 cm³/mol. The number of nitrogens with one attached hydrogen (secondary N) is 2. The number of amides is 3.